The van der Waals surface area contributed by atoms with E-state index in [0.717, 1.165) is 11.3 Å². The standard InChI is InChI=1S/C12H11NO/c1-8-3-5-10(6-4-8)11-7-9(2)12(14)13-11/h3-7H,2H2,1H3,(H,13,14). The molecule has 2 nitrogen and oxygen atoms in total. The average molecular weight is 185 g/mol. The summed E-state index contributed by atoms with van der Waals surface area (Å²) in [6.07, 6.45) is 1.77. The van der Waals surface area contributed by atoms with Crippen molar-refractivity contribution in [1.82, 2.24) is 5.32 Å². The molecule has 1 aliphatic rings. The highest BCUT2D eigenvalue weighted by atomic mass is 16.1. The van der Waals surface area contributed by atoms with Crippen LogP contribution in [-0.4, -0.2) is 5.91 Å². The molecule has 0 aliphatic carbocycles. The highest BCUT2D eigenvalue weighted by Gasteiger charge is 2.16. The molecule has 0 radical (unpaired) electrons. The minimum atomic E-state index is -0.111. The van der Waals surface area contributed by atoms with Gasteiger partial charge in [0.05, 0.1) is 0 Å². The molecule has 0 bridgehead atoms. The predicted octanol–water partition coefficient (Wildman–Crippen LogP) is 2.02. The summed E-state index contributed by atoms with van der Waals surface area (Å²) in [6, 6.07) is 8.01. The Morgan fingerprint density at radius 3 is 2.36 bits per heavy atom. The molecule has 14 heavy (non-hydrogen) atoms. The number of amides is 1. The largest absolute Gasteiger partial charge is 0.321 e. The van der Waals surface area contributed by atoms with Gasteiger partial charge in [-0.25, -0.2) is 0 Å². The van der Waals surface area contributed by atoms with E-state index in [1.165, 1.54) is 5.56 Å². The molecule has 1 aliphatic heterocycles. The van der Waals surface area contributed by atoms with Gasteiger partial charge >= 0.3 is 0 Å². The molecule has 2 heteroatoms. The lowest BCUT2D eigenvalue weighted by molar-refractivity contribution is -0.115. The lowest BCUT2D eigenvalue weighted by atomic mass is 10.1. The van der Waals surface area contributed by atoms with Gasteiger partial charge in [0.2, 0.25) is 0 Å². The third-order valence-corrected chi connectivity index (χ3v) is 2.22. The number of carbonyl (C=O) groups is 1. The van der Waals surface area contributed by atoms with Gasteiger partial charge in [0.1, 0.15) is 0 Å². The summed E-state index contributed by atoms with van der Waals surface area (Å²) in [5, 5.41) is 2.76. The molecule has 0 fully saturated rings. The van der Waals surface area contributed by atoms with Gasteiger partial charge in [-0.2, -0.15) is 0 Å². The van der Waals surface area contributed by atoms with Gasteiger partial charge in [-0.1, -0.05) is 36.4 Å². The van der Waals surface area contributed by atoms with E-state index in [0.29, 0.717) is 5.57 Å². The predicted molar refractivity (Wildman–Crippen MR) is 56.4 cm³/mol. The van der Waals surface area contributed by atoms with Crippen LogP contribution in [0.5, 0.6) is 0 Å². The van der Waals surface area contributed by atoms with Crippen LogP contribution in [-0.2, 0) is 4.79 Å². The van der Waals surface area contributed by atoms with E-state index in [9.17, 15) is 4.79 Å². The van der Waals surface area contributed by atoms with Crippen molar-refractivity contribution in [3.05, 3.63) is 53.6 Å². The van der Waals surface area contributed by atoms with Crippen LogP contribution in [0.3, 0.4) is 0 Å². The van der Waals surface area contributed by atoms with E-state index < -0.39 is 0 Å². The summed E-state index contributed by atoms with van der Waals surface area (Å²) in [4.78, 5) is 11.2. The SMILES string of the molecule is C=C1C=C(c2ccc(C)cc2)NC1=O. The number of benzene rings is 1. The summed E-state index contributed by atoms with van der Waals surface area (Å²) >= 11 is 0. The first kappa shape index (κ1) is 8.75. The van der Waals surface area contributed by atoms with Crippen LogP contribution >= 0.6 is 0 Å². The van der Waals surface area contributed by atoms with Gasteiger partial charge < -0.3 is 5.32 Å². The summed E-state index contributed by atoms with van der Waals surface area (Å²) in [6.45, 7) is 5.67. The van der Waals surface area contributed by atoms with Crippen LogP contribution in [0.2, 0.25) is 0 Å². The average Bonchev–Trinajstić information content (AvgIpc) is 2.48. The van der Waals surface area contributed by atoms with E-state index in [4.69, 9.17) is 0 Å². The Labute approximate surface area is 82.9 Å². The molecule has 0 saturated heterocycles. The number of aryl methyl sites for hydroxylation is 1. The quantitative estimate of drug-likeness (QED) is 0.666. The summed E-state index contributed by atoms with van der Waals surface area (Å²) in [5.74, 6) is -0.111. The van der Waals surface area contributed by atoms with Crippen molar-refractivity contribution in [2.75, 3.05) is 0 Å². The molecule has 1 aromatic rings. The second-order valence-corrected chi connectivity index (χ2v) is 3.40. The molecule has 70 valence electrons. The Bertz CT molecular complexity index is 426. The molecule has 0 spiro atoms. The number of hydrogen-bond acceptors (Lipinski definition) is 1. The van der Waals surface area contributed by atoms with Crippen LogP contribution in [0.1, 0.15) is 11.1 Å². The normalized spacial score (nSPS) is 15.4. The van der Waals surface area contributed by atoms with Crippen molar-refractivity contribution in [3.63, 3.8) is 0 Å². The first-order chi connectivity index (χ1) is 6.66. The van der Waals surface area contributed by atoms with Crippen LogP contribution in [0.15, 0.2) is 42.5 Å². The second-order valence-electron chi connectivity index (χ2n) is 3.40. The van der Waals surface area contributed by atoms with Crippen molar-refractivity contribution in [1.29, 1.82) is 0 Å². The van der Waals surface area contributed by atoms with Crippen molar-refractivity contribution in [2.45, 2.75) is 6.92 Å². The molecule has 1 amide bonds. The minimum absolute atomic E-state index is 0.111. The minimum Gasteiger partial charge on any atom is -0.321 e. The molecule has 2 rings (SSSR count). The highest BCUT2D eigenvalue weighted by Crippen LogP contribution is 2.19. The molecule has 0 aromatic heterocycles. The lowest BCUT2D eigenvalue weighted by Crippen LogP contribution is -2.15. The maximum Gasteiger partial charge on any atom is 0.255 e. The van der Waals surface area contributed by atoms with E-state index in [1.807, 2.05) is 31.2 Å². The fourth-order valence-electron chi connectivity index (χ4n) is 1.37. The first-order valence-electron chi connectivity index (χ1n) is 4.46. The Morgan fingerprint density at radius 1 is 1.21 bits per heavy atom. The van der Waals surface area contributed by atoms with Gasteiger partial charge in [0, 0.05) is 11.3 Å². The molecule has 1 N–H and O–H groups in total. The molecular weight excluding hydrogens is 174 g/mol. The molecule has 0 atom stereocenters. The number of carbonyl (C=O) groups excluding carboxylic acids is 1. The fourth-order valence-corrected chi connectivity index (χ4v) is 1.37. The van der Waals surface area contributed by atoms with E-state index in [-0.39, 0.29) is 5.91 Å². The van der Waals surface area contributed by atoms with Crippen LogP contribution in [0.25, 0.3) is 5.70 Å². The summed E-state index contributed by atoms with van der Waals surface area (Å²) < 4.78 is 0. The van der Waals surface area contributed by atoms with Crippen LogP contribution in [0, 0.1) is 6.92 Å². The zero-order valence-corrected chi connectivity index (χ0v) is 8.00. The van der Waals surface area contributed by atoms with Crippen molar-refractivity contribution >= 4 is 11.6 Å². The lowest BCUT2D eigenvalue weighted by Gasteiger charge is -2.02. The number of nitrogens with one attached hydrogen (secondary N) is 1. The van der Waals surface area contributed by atoms with Crippen molar-refractivity contribution < 1.29 is 4.79 Å². The zero-order valence-electron chi connectivity index (χ0n) is 8.00. The molecule has 0 unspecified atom stereocenters. The molecule has 1 aromatic carbocycles. The highest BCUT2D eigenvalue weighted by molar-refractivity contribution is 6.07. The van der Waals surface area contributed by atoms with Crippen LogP contribution < -0.4 is 5.32 Å². The molecule has 0 saturated carbocycles. The first-order valence-corrected chi connectivity index (χ1v) is 4.46. The van der Waals surface area contributed by atoms with Gasteiger partial charge in [0.25, 0.3) is 5.91 Å². The Morgan fingerprint density at radius 2 is 1.86 bits per heavy atom. The molecule has 1 heterocycles. The van der Waals surface area contributed by atoms with Crippen LogP contribution in [0.4, 0.5) is 0 Å². The van der Waals surface area contributed by atoms with E-state index in [2.05, 4.69) is 11.9 Å². The third-order valence-electron chi connectivity index (χ3n) is 2.22. The van der Waals surface area contributed by atoms with Crippen molar-refractivity contribution in [2.24, 2.45) is 0 Å². The monoisotopic (exact) mass is 185 g/mol. The summed E-state index contributed by atoms with van der Waals surface area (Å²) in [5.41, 5.74) is 3.57. The maximum absolute atomic E-state index is 11.2. The Kier molecular flexibility index (Phi) is 1.97. The van der Waals surface area contributed by atoms with E-state index in [1.54, 1.807) is 6.08 Å². The number of hydrogen-bond donors (Lipinski definition) is 1. The molecular formula is C12H11NO. The van der Waals surface area contributed by atoms with Gasteiger partial charge in [-0.3, -0.25) is 4.79 Å². The Hall–Kier alpha value is -1.83. The van der Waals surface area contributed by atoms with Gasteiger partial charge in [-0.15, -0.1) is 0 Å². The Balaban J connectivity index is 2.34. The smallest absolute Gasteiger partial charge is 0.255 e. The third kappa shape index (κ3) is 1.46. The second kappa shape index (κ2) is 3.14. The topological polar surface area (TPSA) is 29.1 Å². The zero-order chi connectivity index (χ0) is 10.1. The fraction of sp³-hybridized carbons (Fsp3) is 0.0833. The van der Waals surface area contributed by atoms with Crippen molar-refractivity contribution in [3.8, 4) is 0 Å². The van der Waals surface area contributed by atoms with Gasteiger partial charge in [-0.05, 0) is 18.6 Å². The maximum atomic E-state index is 11.2. The van der Waals surface area contributed by atoms with E-state index >= 15 is 0 Å². The number of rotatable bonds is 1. The van der Waals surface area contributed by atoms with Gasteiger partial charge in [0.15, 0.2) is 0 Å². The summed E-state index contributed by atoms with van der Waals surface area (Å²) in [7, 11) is 0.